The molecular formula is C6H2ClF5N2. The molecule has 0 fully saturated rings. The highest BCUT2D eigenvalue weighted by Crippen LogP contribution is 2.42. The van der Waals surface area contributed by atoms with Gasteiger partial charge in [-0.3, -0.25) is 0 Å². The number of aromatic nitrogens is 2. The topological polar surface area (TPSA) is 25.8 Å². The lowest BCUT2D eigenvalue weighted by Gasteiger charge is -2.17. The first-order valence-electron chi connectivity index (χ1n) is 3.17. The fourth-order valence-corrected chi connectivity index (χ4v) is 0.717. The Morgan fingerprint density at radius 1 is 1.00 bits per heavy atom. The second kappa shape index (κ2) is 3.30. The summed E-state index contributed by atoms with van der Waals surface area (Å²) in [6.45, 7) is 0. The van der Waals surface area contributed by atoms with Crippen molar-refractivity contribution in [2.24, 2.45) is 0 Å². The molecule has 14 heavy (non-hydrogen) atoms. The molecular weight excluding hydrogens is 231 g/mol. The molecule has 0 saturated heterocycles. The molecule has 1 aromatic heterocycles. The van der Waals surface area contributed by atoms with Gasteiger partial charge in [0.25, 0.3) is 0 Å². The summed E-state index contributed by atoms with van der Waals surface area (Å²) < 4.78 is 60.4. The average Bonchev–Trinajstić information content (AvgIpc) is 2.03. The number of hydrogen-bond acceptors (Lipinski definition) is 2. The molecule has 78 valence electrons. The van der Waals surface area contributed by atoms with E-state index in [0.717, 1.165) is 0 Å². The molecule has 0 unspecified atom stereocenters. The fourth-order valence-electron chi connectivity index (χ4n) is 0.620. The zero-order valence-corrected chi connectivity index (χ0v) is 7.07. The van der Waals surface area contributed by atoms with Crippen LogP contribution in [-0.4, -0.2) is 16.1 Å². The van der Waals surface area contributed by atoms with Gasteiger partial charge in [-0.25, -0.2) is 9.97 Å². The Kier molecular flexibility index (Phi) is 2.62. The second-order valence-electron chi connectivity index (χ2n) is 2.30. The van der Waals surface area contributed by atoms with Crippen LogP contribution in [0, 0.1) is 0 Å². The van der Waals surface area contributed by atoms with Crippen LogP contribution in [-0.2, 0) is 5.92 Å². The van der Waals surface area contributed by atoms with Gasteiger partial charge in [-0.05, 0) is 0 Å². The lowest BCUT2D eigenvalue weighted by atomic mass is 10.2. The summed E-state index contributed by atoms with van der Waals surface area (Å²) in [5.74, 6) is -5.01. The van der Waals surface area contributed by atoms with Gasteiger partial charge >= 0.3 is 12.1 Å². The Hall–Kier alpha value is -0.980. The van der Waals surface area contributed by atoms with Crippen LogP contribution in [0.5, 0.6) is 0 Å². The Morgan fingerprint density at radius 3 is 1.93 bits per heavy atom. The van der Waals surface area contributed by atoms with Crippen LogP contribution < -0.4 is 0 Å². The summed E-state index contributed by atoms with van der Waals surface area (Å²) in [6.07, 6.45) is -4.78. The van der Waals surface area contributed by atoms with Crippen molar-refractivity contribution in [2.75, 3.05) is 0 Å². The quantitative estimate of drug-likeness (QED) is 0.696. The van der Waals surface area contributed by atoms with Gasteiger partial charge in [-0.1, -0.05) is 11.6 Å². The molecule has 0 spiro atoms. The van der Waals surface area contributed by atoms with Crippen LogP contribution in [0.15, 0.2) is 12.4 Å². The van der Waals surface area contributed by atoms with Crippen molar-refractivity contribution in [1.29, 1.82) is 0 Å². The molecule has 0 aliphatic carbocycles. The molecule has 8 heteroatoms. The smallest absolute Gasteiger partial charge is 0.250 e. The molecule has 0 amide bonds. The standard InChI is InChI=1S/C6H2ClF5N2/c7-4-2-13-3(1-14-4)5(8,9)6(10,11)12/h1-2H. The SMILES string of the molecule is FC(F)(F)C(F)(F)c1cnc(Cl)cn1. The van der Waals surface area contributed by atoms with Crippen molar-refractivity contribution in [3.63, 3.8) is 0 Å². The van der Waals surface area contributed by atoms with Crippen LogP contribution >= 0.6 is 11.6 Å². The minimum Gasteiger partial charge on any atom is -0.250 e. The maximum atomic E-state index is 12.5. The summed E-state index contributed by atoms with van der Waals surface area (Å²) in [5, 5.41) is -0.258. The van der Waals surface area contributed by atoms with E-state index in [0.29, 0.717) is 6.20 Å². The van der Waals surface area contributed by atoms with Crippen molar-refractivity contribution in [3.05, 3.63) is 23.2 Å². The molecule has 2 nitrogen and oxygen atoms in total. The molecule has 1 rings (SSSR count). The van der Waals surface area contributed by atoms with Gasteiger partial charge in [0.05, 0.1) is 12.4 Å². The first-order valence-corrected chi connectivity index (χ1v) is 3.55. The number of hydrogen-bond donors (Lipinski definition) is 0. The molecule has 0 aliphatic rings. The first kappa shape index (κ1) is 11.1. The molecule has 1 aromatic rings. The highest BCUT2D eigenvalue weighted by Gasteiger charge is 2.60. The number of halogens is 6. The maximum absolute atomic E-state index is 12.5. The third kappa shape index (κ3) is 1.92. The number of nitrogens with zero attached hydrogens (tertiary/aromatic N) is 2. The summed E-state index contributed by atoms with van der Waals surface area (Å²) in [7, 11) is 0. The number of alkyl halides is 5. The van der Waals surface area contributed by atoms with E-state index in [1.807, 2.05) is 0 Å². The highest BCUT2D eigenvalue weighted by atomic mass is 35.5. The van der Waals surface area contributed by atoms with Gasteiger partial charge in [-0.15, -0.1) is 0 Å². The van der Waals surface area contributed by atoms with E-state index in [4.69, 9.17) is 11.6 Å². The largest absolute Gasteiger partial charge is 0.459 e. The third-order valence-corrected chi connectivity index (χ3v) is 1.49. The predicted molar refractivity (Wildman–Crippen MR) is 37.0 cm³/mol. The summed E-state index contributed by atoms with van der Waals surface area (Å²) in [6, 6.07) is 0. The lowest BCUT2D eigenvalue weighted by molar-refractivity contribution is -0.291. The van der Waals surface area contributed by atoms with E-state index in [1.165, 1.54) is 0 Å². The van der Waals surface area contributed by atoms with Gasteiger partial charge in [0.1, 0.15) is 10.8 Å². The third-order valence-electron chi connectivity index (χ3n) is 1.30. The Morgan fingerprint density at radius 2 is 1.57 bits per heavy atom. The van der Waals surface area contributed by atoms with E-state index in [1.54, 1.807) is 0 Å². The summed E-state index contributed by atoms with van der Waals surface area (Å²) >= 11 is 5.18. The Balaban J connectivity index is 3.10. The van der Waals surface area contributed by atoms with Gasteiger partial charge in [0, 0.05) is 0 Å². The minimum atomic E-state index is -5.69. The molecule has 0 radical (unpaired) electrons. The van der Waals surface area contributed by atoms with Crippen LogP contribution in [0.3, 0.4) is 0 Å². The number of rotatable bonds is 1. The van der Waals surface area contributed by atoms with Crippen molar-refractivity contribution in [2.45, 2.75) is 12.1 Å². The molecule has 0 atom stereocenters. The van der Waals surface area contributed by atoms with Crippen molar-refractivity contribution < 1.29 is 22.0 Å². The molecule has 0 aliphatic heterocycles. The lowest BCUT2D eigenvalue weighted by Crippen LogP contribution is -2.34. The van der Waals surface area contributed by atoms with E-state index in [2.05, 4.69) is 9.97 Å². The van der Waals surface area contributed by atoms with Gasteiger partial charge in [0.2, 0.25) is 0 Å². The summed E-state index contributed by atoms with van der Waals surface area (Å²) in [4.78, 5) is 5.93. The minimum absolute atomic E-state index is 0.258. The Bertz CT molecular complexity index is 320. The molecule has 0 saturated carbocycles. The predicted octanol–water partition coefficient (Wildman–Crippen LogP) is 2.78. The van der Waals surface area contributed by atoms with Crippen LogP contribution in [0.4, 0.5) is 22.0 Å². The van der Waals surface area contributed by atoms with Crippen molar-refractivity contribution in [3.8, 4) is 0 Å². The van der Waals surface area contributed by atoms with Crippen molar-refractivity contribution in [1.82, 2.24) is 9.97 Å². The van der Waals surface area contributed by atoms with Crippen LogP contribution in [0.1, 0.15) is 5.69 Å². The van der Waals surface area contributed by atoms with E-state index >= 15 is 0 Å². The van der Waals surface area contributed by atoms with Crippen LogP contribution in [0.25, 0.3) is 0 Å². The van der Waals surface area contributed by atoms with E-state index in [-0.39, 0.29) is 11.3 Å². The first-order chi connectivity index (χ1) is 6.25. The highest BCUT2D eigenvalue weighted by molar-refractivity contribution is 6.29. The Labute approximate surface area is 79.7 Å². The van der Waals surface area contributed by atoms with E-state index in [9.17, 15) is 22.0 Å². The fraction of sp³-hybridized carbons (Fsp3) is 0.333. The maximum Gasteiger partial charge on any atom is 0.459 e. The molecule has 0 aromatic carbocycles. The van der Waals surface area contributed by atoms with Gasteiger partial charge in [0.15, 0.2) is 0 Å². The average molecular weight is 233 g/mol. The monoisotopic (exact) mass is 232 g/mol. The van der Waals surface area contributed by atoms with Gasteiger partial charge < -0.3 is 0 Å². The molecule has 0 N–H and O–H groups in total. The molecule has 0 bridgehead atoms. The second-order valence-corrected chi connectivity index (χ2v) is 2.68. The van der Waals surface area contributed by atoms with Crippen molar-refractivity contribution >= 4 is 11.6 Å². The zero-order valence-electron chi connectivity index (χ0n) is 6.32. The van der Waals surface area contributed by atoms with Gasteiger partial charge in [-0.2, -0.15) is 22.0 Å². The van der Waals surface area contributed by atoms with E-state index < -0.39 is 17.8 Å². The summed E-state index contributed by atoms with van der Waals surface area (Å²) in [5.41, 5.74) is -1.48. The van der Waals surface area contributed by atoms with Crippen LogP contribution in [0.2, 0.25) is 5.15 Å². The molecule has 1 heterocycles. The normalized spacial score (nSPS) is 13.0. The zero-order chi connectivity index (χ0) is 11.0.